The van der Waals surface area contributed by atoms with Gasteiger partial charge in [-0.3, -0.25) is 4.79 Å². The van der Waals surface area contributed by atoms with E-state index in [9.17, 15) is 4.79 Å². The maximum atomic E-state index is 12.5. The number of carbonyl (C=O) groups excluding carboxylic acids is 1. The SMILES string of the molecule is CC[C@H](C)NC(=O)[C@H]1CCCN(c2ccnc(-c3ccccc3)n2)C1. The first-order valence-corrected chi connectivity index (χ1v) is 9.11. The smallest absolute Gasteiger partial charge is 0.225 e. The fraction of sp³-hybridized carbons (Fsp3) is 0.450. The summed E-state index contributed by atoms with van der Waals surface area (Å²) < 4.78 is 0. The van der Waals surface area contributed by atoms with Crippen LogP contribution in [0, 0.1) is 5.92 Å². The second-order valence-electron chi connectivity index (χ2n) is 6.71. The molecule has 25 heavy (non-hydrogen) atoms. The molecule has 0 saturated carbocycles. The Morgan fingerprint density at radius 2 is 2.12 bits per heavy atom. The summed E-state index contributed by atoms with van der Waals surface area (Å²) in [6.07, 6.45) is 4.70. The summed E-state index contributed by atoms with van der Waals surface area (Å²) in [7, 11) is 0. The first-order chi connectivity index (χ1) is 12.2. The highest BCUT2D eigenvalue weighted by atomic mass is 16.2. The van der Waals surface area contributed by atoms with Gasteiger partial charge in [0.05, 0.1) is 5.92 Å². The molecule has 1 aliphatic heterocycles. The van der Waals surface area contributed by atoms with Crippen LogP contribution in [0.25, 0.3) is 11.4 Å². The Bertz CT molecular complexity index is 704. The van der Waals surface area contributed by atoms with Gasteiger partial charge in [0.1, 0.15) is 5.82 Å². The molecule has 132 valence electrons. The maximum Gasteiger partial charge on any atom is 0.225 e. The van der Waals surface area contributed by atoms with Crippen LogP contribution in [0.3, 0.4) is 0 Å². The molecule has 0 spiro atoms. The highest BCUT2D eigenvalue weighted by Gasteiger charge is 2.27. The molecular formula is C20H26N4O. The van der Waals surface area contributed by atoms with E-state index in [0.717, 1.165) is 43.0 Å². The third-order valence-electron chi connectivity index (χ3n) is 4.79. The van der Waals surface area contributed by atoms with Gasteiger partial charge in [-0.05, 0) is 32.3 Å². The van der Waals surface area contributed by atoms with Gasteiger partial charge in [0.2, 0.25) is 5.91 Å². The van der Waals surface area contributed by atoms with E-state index in [4.69, 9.17) is 4.98 Å². The average molecular weight is 338 g/mol. The number of hydrogen-bond donors (Lipinski definition) is 1. The highest BCUT2D eigenvalue weighted by molar-refractivity contribution is 5.79. The van der Waals surface area contributed by atoms with Crippen molar-refractivity contribution in [2.75, 3.05) is 18.0 Å². The number of hydrogen-bond acceptors (Lipinski definition) is 4. The number of carbonyl (C=O) groups is 1. The van der Waals surface area contributed by atoms with Gasteiger partial charge >= 0.3 is 0 Å². The van der Waals surface area contributed by atoms with Gasteiger partial charge in [0, 0.05) is 30.9 Å². The molecule has 2 heterocycles. The minimum absolute atomic E-state index is 0.0258. The molecule has 0 radical (unpaired) electrons. The lowest BCUT2D eigenvalue weighted by Gasteiger charge is -2.33. The van der Waals surface area contributed by atoms with Crippen LogP contribution in [0.2, 0.25) is 0 Å². The van der Waals surface area contributed by atoms with Crippen LogP contribution >= 0.6 is 0 Å². The predicted molar refractivity (Wildman–Crippen MR) is 100 cm³/mol. The molecule has 0 unspecified atom stereocenters. The van der Waals surface area contributed by atoms with E-state index in [-0.39, 0.29) is 17.9 Å². The molecule has 1 aromatic carbocycles. The molecule has 1 fully saturated rings. The van der Waals surface area contributed by atoms with E-state index in [1.165, 1.54) is 0 Å². The molecule has 1 aliphatic rings. The first-order valence-electron chi connectivity index (χ1n) is 9.11. The number of nitrogens with zero attached hydrogens (tertiary/aromatic N) is 3. The zero-order chi connectivity index (χ0) is 17.6. The van der Waals surface area contributed by atoms with Crippen molar-refractivity contribution >= 4 is 11.7 Å². The number of anilines is 1. The summed E-state index contributed by atoms with van der Waals surface area (Å²) in [5.74, 6) is 1.81. The van der Waals surface area contributed by atoms with Crippen LogP contribution in [-0.2, 0) is 4.79 Å². The third kappa shape index (κ3) is 4.35. The first kappa shape index (κ1) is 17.4. The molecule has 1 N–H and O–H groups in total. The Morgan fingerprint density at radius 3 is 2.88 bits per heavy atom. The van der Waals surface area contributed by atoms with E-state index < -0.39 is 0 Å². The Hall–Kier alpha value is -2.43. The Labute approximate surface area is 149 Å². The summed E-state index contributed by atoms with van der Waals surface area (Å²) in [5.41, 5.74) is 1.01. The van der Waals surface area contributed by atoms with Gasteiger partial charge in [0.15, 0.2) is 5.82 Å². The predicted octanol–water partition coefficient (Wildman–Crippen LogP) is 3.27. The molecule has 0 bridgehead atoms. The topological polar surface area (TPSA) is 58.1 Å². The van der Waals surface area contributed by atoms with Crippen molar-refractivity contribution in [1.82, 2.24) is 15.3 Å². The van der Waals surface area contributed by atoms with E-state index in [1.807, 2.05) is 36.4 Å². The van der Waals surface area contributed by atoms with Gasteiger partial charge in [0.25, 0.3) is 0 Å². The maximum absolute atomic E-state index is 12.5. The van der Waals surface area contributed by atoms with E-state index in [1.54, 1.807) is 6.20 Å². The normalized spacial score (nSPS) is 18.6. The van der Waals surface area contributed by atoms with Gasteiger partial charge in [-0.25, -0.2) is 9.97 Å². The summed E-state index contributed by atoms with van der Waals surface area (Å²) in [6, 6.07) is 12.1. The third-order valence-corrected chi connectivity index (χ3v) is 4.79. The summed E-state index contributed by atoms with van der Waals surface area (Å²) in [5, 5.41) is 3.11. The van der Waals surface area contributed by atoms with Crippen molar-refractivity contribution < 1.29 is 4.79 Å². The minimum Gasteiger partial charge on any atom is -0.356 e. The second-order valence-corrected chi connectivity index (χ2v) is 6.71. The fourth-order valence-electron chi connectivity index (χ4n) is 3.11. The number of nitrogens with one attached hydrogen (secondary N) is 1. The average Bonchev–Trinajstić information content (AvgIpc) is 2.68. The molecular weight excluding hydrogens is 312 g/mol. The summed E-state index contributed by atoms with van der Waals surface area (Å²) in [6.45, 7) is 5.78. The van der Waals surface area contributed by atoms with Crippen molar-refractivity contribution in [3.05, 3.63) is 42.6 Å². The van der Waals surface area contributed by atoms with E-state index in [2.05, 4.69) is 29.0 Å². The number of piperidine rings is 1. The molecule has 5 heteroatoms. The zero-order valence-corrected chi connectivity index (χ0v) is 15.0. The number of amides is 1. The molecule has 0 aliphatic carbocycles. The van der Waals surface area contributed by atoms with Crippen LogP contribution in [0.5, 0.6) is 0 Å². The number of rotatable bonds is 5. The zero-order valence-electron chi connectivity index (χ0n) is 15.0. The lowest BCUT2D eigenvalue weighted by molar-refractivity contribution is -0.125. The minimum atomic E-state index is 0.0258. The van der Waals surface area contributed by atoms with Crippen molar-refractivity contribution in [3.63, 3.8) is 0 Å². The quantitative estimate of drug-likeness (QED) is 0.909. The van der Waals surface area contributed by atoms with Crippen molar-refractivity contribution in [2.24, 2.45) is 5.92 Å². The lowest BCUT2D eigenvalue weighted by Crippen LogP contribution is -2.45. The molecule has 1 aromatic heterocycles. The van der Waals surface area contributed by atoms with Gasteiger partial charge < -0.3 is 10.2 Å². The molecule has 2 aromatic rings. The van der Waals surface area contributed by atoms with Crippen LogP contribution in [0.15, 0.2) is 42.6 Å². The summed E-state index contributed by atoms with van der Waals surface area (Å²) >= 11 is 0. The molecule has 1 amide bonds. The van der Waals surface area contributed by atoms with Crippen LogP contribution in [0.4, 0.5) is 5.82 Å². The molecule has 5 nitrogen and oxygen atoms in total. The Kier molecular flexibility index (Phi) is 5.64. The molecule has 2 atom stereocenters. The monoisotopic (exact) mass is 338 g/mol. The largest absolute Gasteiger partial charge is 0.356 e. The highest BCUT2D eigenvalue weighted by Crippen LogP contribution is 2.24. The number of aromatic nitrogens is 2. The molecule has 1 saturated heterocycles. The molecule has 3 rings (SSSR count). The van der Waals surface area contributed by atoms with Crippen LogP contribution in [-0.4, -0.2) is 35.0 Å². The second kappa shape index (κ2) is 8.10. The van der Waals surface area contributed by atoms with E-state index in [0.29, 0.717) is 6.54 Å². The number of benzene rings is 1. The summed E-state index contributed by atoms with van der Waals surface area (Å²) in [4.78, 5) is 23.8. The van der Waals surface area contributed by atoms with Gasteiger partial charge in [-0.1, -0.05) is 37.3 Å². The van der Waals surface area contributed by atoms with Crippen molar-refractivity contribution in [2.45, 2.75) is 39.2 Å². The van der Waals surface area contributed by atoms with Crippen molar-refractivity contribution in [1.29, 1.82) is 0 Å². The van der Waals surface area contributed by atoms with Crippen LogP contribution in [0.1, 0.15) is 33.1 Å². The standard InChI is InChI=1S/C20H26N4O/c1-3-15(2)22-20(25)17-10-7-13-24(14-17)18-11-12-21-19(23-18)16-8-5-4-6-9-16/h4-6,8-9,11-12,15,17H,3,7,10,13-14H2,1-2H3,(H,22,25)/t15-,17-/m0/s1. The van der Waals surface area contributed by atoms with E-state index >= 15 is 0 Å². The fourth-order valence-corrected chi connectivity index (χ4v) is 3.11. The lowest BCUT2D eigenvalue weighted by atomic mass is 9.96. The van der Waals surface area contributed by atoms with Crippen LogP contribution < -0.4 is 10.2 Å². The van der Waals surface area contributed by atoms with Gasteiger partial charge in [-0.15, -0.1) is 0 Å². The van der Waals surface area contributed by atoms with Gasteiger partial charge in [-0.2, -0.15) is 0 Å². The Morgan fingerprint density at radius 1 is 1.32 bits per heavy atom. The Balaban J connectivity index is 1.72. The van der Waals surface area contributed by atoms with Crippen molar-refractivity contribution in [3.8, 4) is 11.4 Å².